The van der Waals surface area contributed by atoms with E-state index >= 15 is 0 Å². The maximum atomic E-state index is 5.93. The molecule has 0 aliphatic rings. The van der Waals surface area contributed by atoms with E-state index in [0.29, 0.717) is 5.92 Å². The fraction of sp³-hybridized carbons (Fsp3) is 0.625. The molecule has 0 amide bonds. The van der Waals surface area contributed by atoms with Gasteiger partial charge in [0.25, 0.3) is 0 Å². The van der Waals surface area contributed by atoms with Crippen LogP contribution in [0.3, 0.4) is 0 Å². The van der Waals surface area contributed by atoms with Crippen molar-refractivity contribution in [1.29, 1.82) is 0 Å². The lowest BCUT2D eigenvalue weighted by Gasteiger charge is -2.13. The van der Waals surface area contributed by atoms with Gasteiger partial charge in [0, 0.05) is 4.88 Å². The number of nitrogens with two attached hydrogens (primary N) is 1. The Kier molecular flexibility index (Phi) is 2.62. The van der Waals surface area contributed by atoms with Crippen LogP contribution in [0.4, 0.5) is 0 Å². The van der Waals surface area contributed by atoms with E-state index in [1.165, 1.54) is 4.88 Å². The van der Waals surface area contributed by atoms with Crippen molar-refractivity contribution in [3.63, 3.8) is 0 Å². The number of hydrogen-bond donors (Lipinski definition) is 1. The molecule has 0 aliphatic heterocycles. The van der Waals surface area contributed by atoms with Crippen LogP contribution in [-0.4, -0.2) is 4.98 Å². The molecular formula is C8H14N2S. The maximum Gasteiger partial charge on any atom is 0.0798 e. The molecule has 11 heavy (non-hydrogen) atoms. The minimum absolute atomic E-state index is 0.0984. The van der Waals surface area contributed by atoms with Gasteiger partial charge in [-0.3, -0.25) is 0 Å². The largest absolute Gasteiger partial charge is 0.322 e. The van der Waals surface area contributed by atoms with Crippen molar-refractivity contribution in [2.75, 3.05) is 0 Å². The predicted molar refractivity (Wildman–Crippen MR) is 48.6 cm³/mol. The molecule has 1 atom stereocenters. The molecule has 2 N–H and O–H groups in total. The number of aromatic nitrogens is 1. The van der Waals surface area contributed by atoms with Crippen LogP contribution >= 0.6 is 11.3 Å². The third-order valence-electron chi connectivity index (χ3n) is 1.82. The molecule has 0 fully saturated rings. The van der Waals surface area contributed by atoms with Gasteiger partial charge in [0.15, 0.2) is 0 Å². The van der Waals surface area contributed by atoms with Crippen molar-refractivity contribution >= 4 is 11.3 Å². The molecule has 1 aromatic rings. The normalized spacial score (nSPS) is 13.9. The molecule has 1 unspecified atom stereocenters. The molecule has 0 radical (unpaired) electrons. The summed E-state index contributed by atoms with van der Waals surface area (Å²) >= 11 is 1.66. The molecule has 0 spiro atoms. The molecule has 0 saturated heterocycles. The minimum Gasteiger partial charge on any atom is -0.322 e. The van der Waals surface area contributed by atoms with Crippen LogP contribution in [0, 0.1) is 12.8 Å². The molecule has 1 aromatic heterocycles. The lowest BCUT2D eigenvalue weighted by atomic mass is 10.0. The summed E-state index contributed by atoms with van der Waals surface area (Å²) in [7, 11) is 0. The summed E-state index contributed by atoms with van der Waals surface area (Å²) in [5.41, 5.74) is 8.84. The van der Waals surface area contributed by atoms with Crippen molar-refractivity contribution in [3.05, 3.63) is 16.1 Å². The van der Waals surface area contributed by atoms with Gasteiger partial charge in [0.2, 0.25) is 0 Å². The van der Waals surface area contributed by atoms with Gasteiger partial charge in [-0.25, -0.2) is 4.98 Å². The zero-order valence-corrected chi connectivity index (χ0v) is 7.98. The van der Waals surface area contributed by atoms with Crippen LogP contribution in [-0.2, 0) is 0 Å². The predicted octanol–water partition coefficient (Wildman–Crippen LogP) is 2.11. The third kappa shape index (κ3) is 1.79. The van der Waals surface area contributed by atoms with E-state index in [1.54, 1.807) is 11.3 Å². The van der Waals surface area contributed by atoms with E-state index < -0.39 is 0 Å². The first-order valence-corrected chi connectivity index (χ1v) is 4.66. The first-order chi connectivity index (χ1) is 5.13. The summed E-state index contributed by atoms with van der Waals surface area (Å²) < 4.78 is 0. The van der Waals surface area contributed by atoms with E-state index in [4.69, 9.17) is 5.73 Å². The highest BCUT2D eigenvalue weighted by atomic mass is 32.1. The van der Waals surface area contributed by atoms with Crippen LogP contribution in [0.5, 0.6) is 0 Å². The Labute approximate surface area is 71.5 Å². The summed E-state index contributed by atoms with van der Waals surface area (Å²) in [6.45, 7) is 6.29. The first-order valence-electron chi connectivity index (χ1n) is 3.78. The number of rotatable bonds is 2. The van der Waals surface area contributed by atoms with Crippen molar-refractivity contribution in [1.82, 2.24) is 4.98 Å². The second-order valence-electron chi connectivity index (χ2n) is 3.06. The van der Waals surface area contributed by atoms with E-state index in [2.05, 4.69) is 25.8 Å². The lowest BCUT2D eigenvalue weighted by molar-refractivity contribution is 0.503. The molecule has 1 heterocycles. The van der Waals surface area contributed by atoms with Crippen LogP contribution in [0.2, 0.25) is 0 Å². The van der Waals surface area contributed by atoms with Gasteiger partial charge < -0.3 is 5.73 Å². The van der Waals surface area contributed by atoms with Gasteiger partial charge in [-0.15, -0.1) is 11.3 Å². The molecule has 0 aliphatic carbocycles. The standard InChI is InChI=1S/C8H14N2S/c1-5(2)7(9)8-6(3)11-4-10-8/h4-5,7H,9H2,1-3H3. The van der Waals surface area contributed by atoms with Gasteiger partial charge in [-0.2, -0.15) is 0 Å². The Morgan fingerprint density at radius 1 is 1.55 bits per heavy atom. The zero-order valence-electron chi connectivity index (χ0n) is 7.16. The topological polar surface area (TPSA) is 38.9 Å². The van der Waals surface area contributed by atoms with E-state index in [1.807, 2.05) is 5.51 Å². The number of nitrogens with zero attached hydrogens (tertiary/aromatic N) is 1. The quantitative estimate of drug-likeness (QED) is 0.738. The van der Waals surface area contributed by atoms with Crippen LogP contribution in [0.15, 0.2) is 5.51 Å². The van der Waals surface area contributed by atoms with Crippen molar-refractivity contribution in [3.8, 4) is 0 Å². The molecule has 0 aromatic carbocycles. The second-order valence-corrected chi connectivity index (χ2v) is 4.12. The van der Waals surface area contributed by atoms with E-state index in [-0.39, 0.29) is 6.04 Å². The molecule has 0 bridgehead atoms. The Morgan fingerprint density at radius 3 is 2.55 bits per heavy atom. The van der Waals surface area contributed by atoms with E-state index in [9.17, 15) is 0 Å². The maximum absolute atomic E-state index is 5.93. The van der Waals surface area contributed by atoms with E-state index in [0.717, 1.165) is 5.69 Å². The number of thiazole rings is 1. The molecule has 62 valence electrons. The molecule has 1 rings (SSSR count). The SMILES string of the molecule is Cc1scnc1C(N)C(C)C. The lowest BCUT2D eigenvalue weighted by Crippen LogP contribution is -2.17. The van der Waals surface area contributed by atoms with Gasteiger partial charge in [0.05, 0.1) is 17.2 Å². The summed E-state index contributed by atoms with van der Waals surface area (Å²) in [5, 5.41) is 0. The Bertz CT molecular complexity index is 230. The zero-order chi connectivity index (χ0) is 8.43. The monoisotopic (exact) mass is 170 g/mol. The van der Waals surface area contributed by atoms with Gasteiger partial charge in [-0.05, 0) is 12.8 Å². The first kappa shape index (κ1) is 8.68. The van der Waals surface area contributed by atoms with Crippen LogP contribution < -0.4 is 5.73 Å². The molecular weight excluding hydrogens is 156 g/mol. The summed E-state index contributed by atoms with van der Waals surface area (Å²) in [6, 6.07) is 0.0984. The van der Waals surface area contributed by atoms with Crippen LogP contribution in [0.1, 0.15) is 30.5 Å². The van der Waals surface area contributed by atoms with Crippen molar-refractivity contribution in [2.45, 2.75) is 26.8 Å². The van der Waals surface area contributed by atoms with Gasteiger partial charge in [0.1, 0.15) is 0 Å². The Balaban J connectivity index is 2.84. The summed E-state index contributed by atoms with van der Waals surface area (Å²) in [5.74, 6) is 0.468. The summed E-state index contributed by atoms with van der Waals surface area (Å²) in [6.07, 6.45) is 0. The second kappa shape index (κ2) is 3.32. The third-order valence-corrected chi connectivity index (χ3v) is 2.59. The fourth-order valence-electron chi connectivity index (χ4n) is 0.950. The number of aryl methyl sites for hydroxylation is 1. The Hall–Kier alpha value is -0.410. The van der Waals surface area contributed by atoms with Gasteiger partial charge >= 0.3 is 0 Å². The molecule has 2 nitrogen and oxygen atoms in total. The van der Waals surface area contributed by atoms with Crippen molar-refractivity contribution in [2.24, 2.45) is 11.7 Å². The molecule has 0 saturated carbocycles. The number of hydrogen-bond acceptors (Lipinski definition) is 3. The Morgan fingerprint density at radius 2 is 2.18 bits per heavy atom. The van der Waals surface area contributed by atoms with Gasteiger partial charge in [-0.1, -0.05) is 13.8 Å². The van der Waals surface area contributed by atoms with Crippen molar-refractivity contribution < 1.29 is 0 Å². The average molecular weight is 170 g/mol. The van der Waals surface area contributed by atoms with Crippen LogP contribution in [0.25, 0.3) is 0 Å². The average Bonchev–Trinajstić information content (AvgIpc) is 2.33. The highest BCUT2D eigenvalue weighted by Gasteiger charge is 2.14. The minimum atomic E-state index is 0.0984. The highest BCUT2D eigenvalue weighted by Crippen LogP contribution is 2.22. The smallest absolute Gasteiger partial charge is 0.0798 e. The molecule has 3 heteroatoms. The highest BCUT2D eigenvalue weighted by molar-refractivity contribution is 7.09. The summed E-state index contributed by atoms with van der Waals surface area (Å²) in [4.78, 5) is 5.47. The fourth-order valence-corrected chi connectivity index (χ4v) is 1.58.